The topological polar surface area (TPSA) is 58.4 Å². The van der Waals surface area contributed by atoms with Gasteiger partial charge in [-0.3, -0.25) is 4.79 Å². The highest BCUT2D eigenvalue weighted by molar-refractivity contribution is 6.00. The van der Waals surface area contributed by atoms with Gasteiger partial charge in [-0.2, -0.15) is 0 Å². The van der Waals surface area contributed by atoms with Crippen LogP contribution in [0.1, 0.15) is 30.6 Å². The molecule has 4 nitrogen and oxygen atoms in total. The molecular weight excluding hydrogens is 214 g/mol. The number of anilines is 2. The lowest BCUT2D eigenvalue weighted by atomic mass is 10.1. The van der Waals surface area contributed by atoms with E-state index in [9.17, 15) is 4.79 Å². The van der Waals surface area contributed by atoms with E-state index in [1.807, 2.05) is 6.07 Å². The molecule has 0 aliphatic rings. The minimum absolute atomic E-state index is 0.0178. The van der Waals surface area contributed by atoms with Crippen molar-refractivity contribution in [3.63, 3.8) is 0 Å². The number of carbonyl (C=O) groups excluding carboxylic acids is 1. The Morgan fingerprint density at radius 3 is 2.65 bits per heavy atom. The third kappa shape index (κ3) is 3.37. The zero-order chi connectivity index (χ0) is 13.0. The molecule has 1 atom stereocenters. The van der Waals surface area contributed by atoms with Crippen molar-refractivity contribution >= 4 is 17.3 Å². The van der Waals surface area contributed by atoms with Gasteiger partial charge in [0.25, 0.3) is 5.91 Å². The van der Waals surface area contributed by atoms with Gasteiger partial charge in [-0.15, -0.1) is 0 Å². The lowest BCUT2D eigenvalue weighted by molar-refractivity contribution is 0.0828. The van der Waals surface area contributed by atoms with Crippen LogP contribution in [0.4, 0.5) is 11.4 Å². The second kappa shape index (κ2) is 5.57. The largest absolute Gasteiger partial charge is 0.399 e. The first-order valence-corrected chi connectivity index (χ1v) is 5.83. The summed E-state index contributed by atoms with van der Waals surface area (Å²) in [5.74, 6) is -0.0178. The van der Waals surface area contributed by atoms with Gasteiger partial charge in [0.1, 0.15) is 0 Å². The van der Waals surface area contributed by atoms with Gasteiger partial charge in [-0.25, -0.2) is 0 Å². The van der Waals surface area contributed by atoms with E-state index in [4.69, 9.17) is 5.73 Å². The van der Waals surface area contributed by atoms with Gasteiger partial charge < -0.3 is 16.0 Å². The number of amides is 1. The Morgan fingerprint density at radius 1 is 1.47 bits per heavy atom. The van der Waals surface area contributed by atoms with Crippen molar-refractivity contribution in [2.45, 2.75) is 26.3 Å². The molecule has 0 bridgehead atoms. The summed E-state index contributed by atoms with van der Waals surface area (Å²) in [5.41, 5.74) is 7.88. The summed E-state index contributed by atoms with van der Waals surface area (Å²) in [6, 6.07) is 5.63. The number of hydrogen-bond acceptors (Lipinski definition) is 3. The third-order valence-corrected chi connectivity index (χ3v) is 2.69. The van der Waals surface area contributed by atoms with Gasteiger partial charge in [-0.1, -0.05) is 6.92 Å². The van der Waals surface area contributed by atoms with Crippen molar-refractivity contribution in [1.29, 1.82) is 0 Å². The summed E-state index contributed by atoms with van der Waals surface area (Å²) in [6.07, 6.45) is 0.990. The van der Waals surface area contributed by atoms with E-state index in [-0.39, 0.29) is 5.91 Å². The van der Waals surface area contributed by atoms with Gasteiger partial charge in [-0.05, 0) is 31.5 Å². The number of benzene rings is 1. The Kier molecular flexibility index (Phi) is 4.37. The molecule has 1 aromatic carbocycles. The molecule has 0 fully saturated rings. The van der Waals surface area contributed by atoms with Gasteiger partial charge in [0.2, 0.25) is 0 Å². The van der Waals surface area contributed by atoms with E-state index in [1.165, 1.54) is 0 Å². The van der Waals surface area contributed by atoms with Gasteiger partial charge in [0.15, 0.2) is 0 Å². The molecule has 0 spiro atoms. The lowest BCUT2D eigenvalue weighted by Gasteiger charge is -2.19. The second-order valence-corrected chi connectivity index (χ2v) is 4.46. The summed E-state index contributed by atoms with van der Waals surface area (Å²) < 4.78 is 0. The number of nitrogens with two attached hydrogens (primary N) is 1. The number of hydrogen-bond donors (Lipinski definition) is 2. The molecule has 0 radical (unpaired) electrons. The van der Waals surface area contributed by atoms with Crippen LogP contribution in [0.5, 0.6) is 0 Å². The van der Waals surface area contributed by atoms with Crippen molar-refractivity contribution in [3.8, 4) is 0 Å². The molecule has 17 heavy (non-hydrogen) atoms. The maximum atomic E-state index is 12.0. The molecule has 94 valence electrons. The van der Waals surface area contributed by atoms with Crippen molar-refractivity contribution < 1.29 is 4.79 Å². The summed E-state index contributed by atoms with van der Waals surface area (Å²) in [6.45, 7) is 4.17. The monoisotopic (exact) mass is 235 g/mol. The molecule has 1 unspecified atom stereocenters. The van der Waals surface area contributed by atoms with Crippen LogP contribution in [0.3, 0.4) is 0 Å². The highest BCUT2D eigenvalue weighted by Crippen LogP contribution is 2.21. The Bertz CT molecular complexity index is 402. The molecule has 0 aromatic heterocycles. The quantitative estimate of drug-likeness (QED) is 0.786. The standard InChI is InChI=1S/C13H21N3O/c1-5-9(2)15-12-8-10(14)6-7-11(12)13(17)16(3)4/h6-9,15H,5,14H2,1-4H3. The fourth-order valence-electron chi connectivity index (χ4n) is 1.48. The van der Waals surface area contributed by atoms with E-state index in [2.05, 4.69) is 19.2 Å². The summed E-state index contributed by atoms with van der Waals surface area (Å²) in [4.78, 5) is 13.6. The molecular formula is C13H21N3O. The Hall–Kier alpha value is -1.71. The van der Waals surface area contributed by atoms with E-state index < -0.39 is 0 Å². The fourth-order valence-corrected chi connectivity index (χ4v) is 1.48. The average molecular weight is 235 g/mol. The smallest absolute Gasteiger partial charge is 0.255 e. The fraction of sp³-hybridized carbons (Fsp3) is 0.462. The maximum Gasteiger partial charge on any atom is 0.255 e. The van der Waals surface area contributed by atoms with Gasteiger partial charge in [0.05, 0.1) is 5.56 Å². The molecule has 0 saturated carbocycles. The zero-order valence-corrected chi connectivity index (χ0v) is 10.9. The molecule has 1 rings (SSSR count). The summed E-state index contributed by atoms with van der Waals surface area (Å²) >= 11 is 0. The van der Waals surface area contributed by atoms with Crippen LogP contribution < -0.4 is 11.1 Å². The van der Waals surface area contributed by atoms with E-state index >= 15 is 0 Å². The first-order valence-electron chi connectivity index (χ1n) is 5.83. The molecule has 0 heterocycles. The first kappa shape index (κ1) is 13.4. The third-order valence-electron chi connectivity index (χ3n) is 2.69. The van der Waals surface area contributed by atoms with Crippen molar-refractivity contribution in [1.82, 2.24) is 4.90 Å². The van der Waals surface area contributed by atoms with Crippen LogP contribution in [0.15, 0.2) is 18.2 Å². The number of nitrogen functional groups attached to an aromatic ring is 1. The highest BCUT2D eigenvalue weighted by Gasteiger charge is 2.14. The Morgan fingerprint density at radius 2 is 2.12 bits per heavy atom. The Labute approximate surface area is 103 Å². The van der Waals surface area contributed by atoms with Crippen LogP contribution in [0, 0.1) is 0 Å². The number of nitrogens with one attached hydrogen (secondary N) is 1. The Balaban J connectivity index is 3.07. The number of nitrogens with zero attached hydrogens (tertiary/aromatic N) is 1. The van der Waals surface area contributed by atoms with Crippen molar-refractivity contribution in [2.24, 2.45) is 0 Å². The SMILES string of the molecule is CCC(C)Nc1cc(N)ccc1C(=O)N(C)C. The first-order chi connectivity index (χ1) is 7.95. The molecule has 1 aromatic rings. The molecule has 0 aliphatic heterocycles. The van der Waals surface area contributed by atoms with Crippen LogP contribution in [-0.2, 0) is 0 Å². The highest BCUT2D eigenvalue weighted by atomic mass is 16.2. The predicted molar refractivity (Wildman–Crippen MR) is 72.2 cm³/mol. The predicted octanol–water partition coefficient (Wildman–Crippen LogP) is 2.18. The minimum Gasteiger partial charge on any atom is -0.399 e. The minimum atomic E-state index is -0.0178. The maximum absolute atomic E-state index is 12.0. The van der Waals surface area contributed by atoms with E-state index in [1.54, 1.807) is 31.1 Å². The van der Waals surface area contributed by atoms with Crippen LogP contribution >= 0.6 is 0 Å². The summed E-state index contributed by atoms with van der Waals surface area (Å²) in [5, 5.41) is 3.31. The van der Waals surface area contributed by atoms with Crippen LogP contribution in [0.25, 0.3) is 0 Å². The van der Waals surface area contributed by atoms with Crippen molar-refractivity contribution in [3.05, 3.63) is 23.8 Å². The van der Waals surface area contributed by atoms with Crippen molar-refractivity contribution in [2.75, 3.05) is 25.1 Å². The lowest BCUT2D eigenvalue weighted by Crippen LogP contribution is -2.24. The number of rotatable bonds is 4. The second-order valence-electron chi connectivity index (χ2n) is 4.46. The average Bonchev–Trinajstić information content (AvgIpc) is 2.28. The van der Waals surface area contributed by atoms with E-state index in [0.29, 0.717) is 17.3 Å². The van der Waals surface area contributed by atoms with E-state index in [0.717, 1.165) is 12.1 Å². The van der Waals surface area contributed by atoms with Gasteiger partial charge in [0, 0.05) is 31.5 Å². The summed E-state index contributed by atoms with van der Waals surface area (Å²) in [7, 11) is 3.48. The normalized spacial score (nSPS) is 12.0. The molecule has 4 heteroatoms. The van der Waals surface area contributed by atoms with Gasteiger partial charge >= 0.3 is 0 Å². The molecule has 0 aliphatic carbocycles. The molecule has 0 saturated heterocycles. The van der Waals surface area contributed by atoms with Crippen LogP contribution in [0.2, 0.25) is 0 Å². The zero-order valence-electron chi connectivity index (χ0n) is 10.9. The molecule has 1 amide bonds. The van der Waals surface area contributed by atoms with Crippen LogP contribution in [-0.4, -0.2) is 30.9 Å². The number of carbonyl (C=O) groups is 1. The molecule has 3 N–H and O–H groups in total.